The zero-order chi connectivity index (χ0) is 16.4. The molecule has 1 aliphatic rings. The molecule has 0 spiro atoms. The van der Waals surface area contributed by atoms with Crippen LogP contribution in [0.25, 0.3) is 0 Å². The molecule has 2 amide bonds. The van der Waals surface area contributed by atoms with Crippen molar-refractivity contribution in [3.8, 4) is 0 Å². The van der Waals surface area contributed by atoms with Gasteiger partial charge in [-0.25, -0.2) is 0 Å². The maximum atomic E-state index is 13.1. The van der Waals surface area contributed by atoms with E-state index < -0.39 is 11.9 Å². The molecule has 23 heavy (non-hydrogen) atoms. The summed E-state index contributed by atoms with van der Waals surface area (Å²) < 4.78 is 0. The van der Waals surface area contributed by atoms with E-state index in [4.69, 9.17) is 5.73 Å². The first kappa shape index (κ1) is 15.6. The number of nitrogens with zero attached hydrogens (tertiary/aromatic N) is 1. The number of hydrogen-bond donors (Lipinski definition) is 1. The van der Waals surface area contributed by atoms with Crippen molar-refractivity contribution in [3.63, 3.8) is 0 Å². The van der Waals surface area contributed by atoms with Crippen molar-refractivity contribution >= 4 is 29.3 Å². The summed E-state index contributed by atoms with van der Waals surface area (Å²) in [7, 11) is 0. The first-order valence-electron chi connectivity index (χ1n) is 7.56. The molecule has 5 heteroatoms. The number of thioether (sulfide) groups is 1. The minimum atomic E-state index is -0.625. The third kappa shape index (κ3) is 2.84. The van der Waals surface area contributed by atoms with Crippen LogP contribution in [-0.4, -0.2) is 23.6 Å². The normalized spacial score (nSPS) is 16.2. The van der Waals surface area contributed by atoms with Crippen molar-refractivity contribution < 1.29 is 9.59 Å². The minimum Gasteiger partial charge on any atom is -0.368 e. The number of carbonyl (C=O) groups is 2. The Bertz CT molecular complexity index is 760. The molecule has 1 aliphatic heterocycles. The summed E-state index contributed by atoms with van der Waals surface area (Å²) in [4.78, 5) is 27.4. The lowest BCUT2D eigenvalue weighted by Crippen LogP contribution is -2.46. The molecule has 2 aromatic carbocycles. The van der Waals surface area contributed by atoms with Gasteiger partial charge in [-0.3, -0.25) is 14.5 Å². The summed E-state index contributed by atoms with van der Waals surface area (Å²) >= 11 is 1.62. The summed E-state index contributed by atoms with van der Waals surface area (Å²) in [5.74, 6) is 0.227. The van der Waals surface area contributed by atoms with Crippen LogP contribution in [0.15, 0.2) is 53.4 Å². The van der Waals surface area contributed by atoms with Crippen molar-refractivity contribution in [1.82, 2.24) is 0 Å². The van der Waals surface area contributed by atoms with Gasteiger partial charge in [0, 0.05) is 17.0 Å². The number of rotatable bonds is 4. The molecule has 0 saturated heterocycles. The Morgan fingerprint density at radius 1 is 1.17 bits per heavy atom. The quantitative estimate of drug-likeness (QED) is 0.879. The molecule has 0 fully saturated rings. The summed E-state index contributed by atoms with van der Waals surface area (Å²) in [5.41, 5.74) is 7.91. The largest absolute Gasteiger partial charge is 0.368 e. The standard InChI is InChI=1S/C18H18N2O2S/c1-2-23-16-10-6-4-8-13(16)18(22)20-14-9-5-3-7-12(14)11-15(20)17(19)21/h3-10,15H,2,11H2,1H3,(H2,19,21). The van der Waals surface area contributed by atoms with Crippen LogP contribution in [0.4, 0.5) is 5.69 Å². The van der Waals surface area contributed by atoms with E-state index in [2.05, 4.69) is 0 Å². The second-order valence-electron chi connectivity index (χ2n) is 5.36. The van der Waals surface area contributed by atoms with E-state index in [0.717, 1.165) is 21.9 Å². The molecule has 0 aliphatic carbocycles. The monoisotopic (exact) mass is 326 g/mol. The molecule has 118 valence electrons. The van der Waals surface area contributed by atoms with Crippen LogP contribution >= 0.6 is 11.8 Å². The average molecular weight is 326 g/mol. The molecule has 2 aromatic rings. The smallest absolute Gasteiger partial charge is 0.260 e. The summed E-state index contributed by atoms with van der Waals surface area (Å²) in [6, 6.07) is 14.5. The van der Waals surface area contributed by atoms with Crippen LogP contribution in [0.3, 0.4) is 0 Å². The second-order valence-corrected chi connectivity index (χ2v) is 6.66. The van der Waals surface area contributed by atoms with Gasteiger partial charge in [-0.1, -0.05) is 37.3 Å². The number of fused-ring (bicyclic) bond motifs is 1. The van der Waals surface area contributed by atoms with E-state index in [1.807, 2.05) is 49.4 Å². The van der Waals surface area contributed by atoms with Gasteiger partial charge in [0.2, 0.25) is 5.91 Å². The van der Waals surface area contributed by atoms with Crippen LogP contribution in [-0.2, 0) is 11.2 Å². The van der Waals surface area contributed by atoms with Crippen LogP contribution in [0, 0.1) is 0 Å². The first-order chi connectivity index (χ1) is 11.1. The number of carbonyl (C=O) groups excluding carboxylic acids is 2. The predicted octanol–water partition coefficient (Wildman–Crippen LogP) is 2.86. The zero-order valence-electron chi connectivity index (χ0n) is 12.9. The zero-order valence-corrected chi connectivity index (χ0v) is 13.7. The van der Waals surface area contributed by atoms with Gasteiger partial charge in [0.05, 0.1) is 5.56 Å². The Labute approximate surface area is 139 Å². The van der Waals surface area contributed by atoms with Crippen molar-refractivity contribution in [3.05, 3.63) is 59.7 Å². The van der Waals surface area contributed by atoms with E-state index >= 15 is 0 Å². The third-order valence-electron chi connectivity index (χ3n) is 3.94. The molecule has 1 heterocycles. The van der Waals surface area contributed by atoms with Gasteiger partial charge in [-0.05, 0) is 29.5 Å². The fraction of sp³-hybridized carbons (Fsp3) is 0.222. The second kappa shape index (κ2) is 6.46. The van der Waals surface area contributed by atoms with Crippen LogP contribution in [0.1, 0.15) is 22.8 Å². The highest BCUT2D eigenvalue weighted by Crippen LogP contribution is 2.34. The average Bonchev–Trinajstić information content (AvgIpc) is 2.95. The van der Waals surface area contributed by atoms with Gasteiger partial charge in [-0.15, -0.1) is 11.8 Å². The van der Waals surface area contributed by atoms with Gasteiger partial charge in [0.15, 0.2) is 0 Å². The minimum absolute atomic E-state index is 0.171. The fourth-order valence-corrected chi connectivity index (χ4v) is 3.72. The third-order valence-corrected chi connectivity index (χ3v) is 4.90. The van der Waals surface area contributed by atoms with Crippen molar-refractivity contribution in [2.75, 3.05) is 10.7 Å². The van der Waals surface area contributed by atoms with Crippen LogP contribution in [0.5, 0.6) is 0 Å². The lowest BCUT2D eigenvalue weighted by molar-refractivity contribution is -0.119. The molecule has 0 radical (unpaired) electrons. The molecule has 0 bridgehead atoms. The maximum absolute atomic E-state index is 13.1. The highest BCUT2D eigenvalue weighted by atomic mass is 32.2. The number of nitrogens with two attached hydrogens (primary N) is 1. The maximum Gasteiger partial charge on any atom is 0.260 e. The highest BCUT2D eigenvalue weighted by molar-refractivity contribution is 7.99. The Balaban J connectivity index is 2.05. The summed E-state index contributed by atoms with van der Waals surface area (Å²) in [6.07, 6.45) is 0.473. The topological polar surface area (TPSA) is 63.4 Å². The lowest BCUT2D eigenvalue weighted by Gasteiger charge is -2.24. The first-order valence-corrected chi connectivity index (χ1v) is 8.54. The molecule has 4 nitrogen and oxygen atoms in total. The molecule has 3 rings (SSSR count). The van der Waals surface area contributed by atoms with E-state index in [1.54, 1.807) is 22.7 Å². The number of hydrogen-bond acceptors (Lipinski definition) is 3. The van der Waals surface area contributed by atoms with Crippen molar-refractivity contribution in [2.24, 2.45) is 5.73 Å². The molecule has 0 aromatic heterocycles. The number of anilines is 1. The van der Waals surface area contributed by atoms with E-state index in [9.17, 15) is 9.59 Å². The van der Waals surface area contributed by atoms with E-state index in [-0.39, 0.29) is 5.91 Å². The molecule has 0 saturated carbocycles. The Morgan fingerprint density at radius 2 is 1.87 bits per heavy atom. The molecular weight excluding hydrogens is 308 g/mol. The fourth-order valence-electron chi connectivity index (χ4n) is 2.92. The number of para-hydroxylation sites is 1. The summed E-state index contributed by atoms with van der Waals surface area (Å²) in [6.45, 7) is 2.04. The van der Waals surface area contributed by atoms with Crippen LogP contribution < -0.4 is 10.6 Å². The van der Waals surface area contributed by atoms with E-state index in [0.29, 0.717) is 12.0 Å². The molecule has 2 N–H and O–H groups in total. The summed E-state index contributed by atoms with van der Waals surface area (Å²) in [5, 5.41) is 0. The molecule has 1 unspecified atom stereocenters. The van der Waals surface area contributed by atoms with Gasteiger partial charge in [0.25, 0.3) is 5.91 Å². The Morgan fingerprint density at radius 3 is 2.61 bits per heavy atom. The van der Waals surface area contributed by atoms with Crippen LogP contribution in [0.2, 0.25) is 0 Å². The van der Waals surface area contributed by atoms with Gasteiger partial charge in [0.1, 0.15) is 6.04 Å². The SMILES string of the molecule is CCSc1ccccc1C(=O)N1c2ccccc2CC1C(N)=O. The predicted molar refractivity (Wildman–Crippen MR) is 92.8 cm³/mol. The Kier molecular flexibility index (Phi) is 4.39. The number of benzene rings is 2. The number of primary amides is 1. The van der Waals surface area contributed by atoms with Gasteiger partial charge < -0.3 is 5.73 Å². The van der Waals surface area contributed by atoms with Crippen molar-refractivity contribution in [2.45, 2.75) is 24.3 Å². The van der Waals surface area contributed by atoms with E-state index in [1.165, 1.54) is 0 Å². The van der Waals surface area contributed by atoms with Crippen molar-refractivity contribution in [1.29, 1.82) is 0 Å². The Hall–Kier alpha value is -2.27. The van der Waals surface area contributed by atoms with Gasteiger partial charge in [-0.2, -0.15) is 0 Å². The lowest BCUT2D eigenvalue weighted by atomic mass is 10.1. The van der Waals surface area contributed by atoms with Gasteiger partial charge >= 0.3 is 0 Å². The number of amides is 2. The highest BCUT2D eigenvalue weighted by Gasteiger charge is 2.37. The molecule has 1 atom stereocenters. The molecular formula is C18H18N2O2S.